The summed E-state index contributed by atoms with van der Waals surface area (Å²) < 4.78 is 2.10. The number of hydrogen-bond donors (Lipinski definition) is 1. The molecule has 6 heteroatoms. The van der Waals surface area contributed by atoms with Gasteiger partial charge in [0, 0.05) is 15.6 Å². The van der Waals surface area contributed by atoms with E-state index in [1.807, 2.05) is 30.3 Å². The van der Waals surface area contributed by atoms with Crippen LogP contribution in [0.15, 0.2) is 82.1 Å². The van der Waals surface area contributed by atoms with Crippen LogP contribution in [0.2, 0.25) is 0 Å². The van der Waals surface area contributed by atoms with Crippen molar-refractivity contribution in [3.8, 4) is 11.4 Å². The van der Waals surface area contributed by atoms with Gasteiger partial charge in [0.25, 0.3) is 11.5 Å². The number of fused-ring (bicyclic) bond motifs is 1. The minimum atomic E-state index is -0.390. The average Bonchev–Trinajstić information content (AvgIpc) is 2.75. The monoisotopic (exact) mass is 475 g/mol. The molecule has 0 aliphatic carbocycles. The molecule has 0 saturated carbocycles. The highest BCUT2D eigenvalue weighted by Gasteiger charge is 2.18. The Hall–Kier alpha value is -3.25. The molecule has 0 unspecified atom stereocenters. The molecule has 31 heavy (non-hydrogen) atoms. The van der Waals surface area contributed by atoms with E-state index < -0.39 is 0 Å². The fraction of sp³-hybridized carbons (Fsp3) is 0.160. The number of hydrogen-bond acceptors (Lipinski definition) is 3. The lowest BCUT2D eigenvalue weighted by atomic mass is 9.86. The van der Waals surface area contributed by atoms with Crippen LogP contribution in [0.4, 0.5) is 0 Å². The average molecular weight is 476 g/mol. The zero-order chi connectivity index (χ0) is 22.2. The number of aromatic nitrogens is 2. The first-order valence-corrected chi connectivity index (χ1v) is 10.7. The molecule has 0 fully saturated rings. The van der Waals surface area contributed by atoms with Gasteiger partial charge in [-0.3, -0.25) is 15.0 Å². The molecule has 156 valence electrons. The summed E-state index contributed by atoms with van der Waals surface area (Å²) in [4.78, 5) is 30.8. The Balaban J connectivity index is 1.85. The van der Waals surface area contributed by atoms with E-state index in [1.54, 1.807) is 42.5 Å². The number of carbonyl (C=O) groups excluding carboxylic acids is 1. The molecule has 4 rings (SSSR count). The van der Waals surface area contributed by atoms with Gasteiger partial charge in [0.2, 0.25) is 0 Å². The van der Waals surface area contributed by atoms with Gasteiger partial charge in [0.15, 0.2) is 5.82 Å². The van der Waals surface area contributed by atoms with E-state index in [-0.39, 0.29) is 16.9 Å². The number of amides is 1. The lowest BCUT2D eigenvalue weighted by Crippen LogP contribution is -2.35. The molecule has 5 nitrogen and oxygen atoms in total. The summed E-state index contributed by atoms with van der Waals surface area (Å²) in [5, 5.41) is 0.439. The molecular weight excluding hydrogens is 454 g/mol. The van der Waals surface area contributed by atoms with Gasteiger partial charge >= 0.3 is 0 Å². The van der Waals surface area contributed by atoms with E-state index in [0.717, 1.165) is 10.0 Å². The molecule has 0 aliphatic rings. The van der Waals surface area contributed by atoms with Crippen LogP contribution in [0.5, 0.6) is 0 Å². The van der Waals surface area contributed by atoms with Crippen molar-refractivity contribution < 1.29 is 4.79 Å². The summed E-state index contributed by atoms with van der Waals surface area (Å²) in [7, 11) is 0. The Morgan fingerprint density at radius 2 is 1.58 bits per heavy atom. The first-order chi connectivity index (χ1) is 14.7. The minimum Gasteiger partial charge on any atom is -0.267 e. The molecule has 0 aliphatic heterocycles. The van der Waals surface area contributed by atoms with Gasteiger partial charge in [-0.1, -0.05) is 73.1 Å². The molecule has 1 N–H and O–H groups in total. The lowest BCUT2D eigenvalue weighted by molar-refractivity contribution is 0.101. The van der Waals surface area contributed by atoms with Gasteiger partial charge in [-0.05, 0) is 47.4 Å². The van der Waals surface area contributed by atoms with Crippen LogP contribution >= 0.6 is 15.9 Å². The van der Waals surface area contributed by atoms with Crippen molar-refractivity contribution in [1.29, 1.82) is 0 Å². The van der Waals surface area contributed by atoms with Gasteiger partial charge in [0.05, 0.1) is 10.9 Å². The standard InChI is InChI=1S/C25H22BrN3O2/c1-25(2,3)18-12-8-16(9-13-18)22-27-21-7-5-4-6-20(21)24(31)29(22)28-23(30)17-10-14-19(26)15-11-17/h4-15H,1-3H3,(H,28,30). The third-order valence-corrected chi connectivity index (χ3v) is 5.63. The van der Waals surface area contributed by atoms with Crippen molar-refractivity contribution >= 4 is 32.7 Å². The Kier molecular flexibility index (Phi) is 5.50. The van der Waals surface area contributed by atoms with Crippen LogP contribution in [-0.4, -0.2) is 15.6 Å². The number of nitrogens with one attached hydrogen (secondary N) is 1. The fourth-order valence-corrected chi connectivity index (χ4v) is 3.58. The largest absolute Gasteiger partial charge is 0.280 e. The molecule has 0 saturated heterocycles. The maximum absolute atomic E-state index is 13.3. The highest BCUT2D eigenvalue weighted by Crippen LogP contribution is 2.25. The highest BCUT2D eigenvalue weighted by atomic mass is 79.9. The number of carbonyl (C=O) groups is 1. The summed E-state index contributed by atoms with van der Waals surface area (Å²) in [6.07, 6.45) is 0. The second kappa shape index (κ2) is 8.12. The van der Waals surface area contributed by atoms with Crippen LogP contribution in [0.25, 0.3) is 22.3 Å². The van der Waals surface area contributed by atoms with Gasteiger partial charge in [-0.15, -0.1) is 0 Å². The molecule has 1 heterocycles. The smallest absolute Gasteiger partial charge is 0.267 e. The van der Waals surface area contributed by atoms with E-state index >= 15 is 0 Å². The second-order valence-electron chi connectivity index (χ2n) is 8.37. The second-order valence-corrected chi connectivity index (χ2v) is 9.28. The first kappa shape index (κ1) is 21.0. The van der Waals surface area contributed by atoms with Gasteiger partial charge < -0.3 is 0 Å². The molecular formula is C25H22BrN3O2. The van der Waals surface area contributed by atoms with Gasteiger partial charge in [0.1, 0.15) is 0 Å². The number of rotatable bonds is 3. The van der Waals surface area contributed by atoms with Gasteiger partial charge in [-0.2, -0.15) is 4.68 Å². The number of para-hydroxylation sites is 1. The number of benzene rings is 3. The molecule has 0 radical (unpaired) electrons. The zero-order valence-electron chi connectivity index (χ0n) is 17.5. The van der Waals surface area contributed by atoms with Crippen LogP contribution in [0, 0.1) is 0 Å². The van der Waals surface area contributed by atoms with Crippen molar-refractivity contribution in [3.05, 3.63) is 98.7 Å². The maximum Gasteiger partial charge on any atom is 0.280 e. The molecule has 0 bridgehead atoms. The first-order valence-electron chi connectivity index (χ1n) is 9.94. The summed E-state index contributed by atoms with van der Waals surface area (Å²) in [5.41, 5.74) is 5.35. The predicted molar refractivity (Wildman–Crippen MR) is 128 cm³/mol. The van der Waals surface area contributed by atoms with E-state index in [4.69, 9.17) is 4.98 Å². The third-order valence-electron chi connectivity index (χ3n) is 5.10. The summed E-state index contributed by atoms with van der Waals surface area (Å²) in [5.74, 6) is -0.00568. The fourth-order valence-electron chi connectivity index (χ4n) is 3.32. The molecule has 0 spiro atoms. The molecule has 1 amide bonds. The third kappa shape index (κ3) is 4.30. The summed E-state index contributed by atoms with van der Waals surface area (Å²) >= 11 is 3.37. The zero-order valence-corrected chi connectivity index (χ0v) is 19.1. The summed E-state index contributed by atoms with van der Waals surface area (Å²) in [6, 6.07) is 22.0. The predicted octanol–water partition coefficient (Wildman–Crippen LogP) is 5.51. The number of nitrogens with zero attached hydrogens (tertiary/aromatic N) is 2. The maximum atomic E-state index is 13.3. The van der Waals surface area contributed by atoms with Crippen molar-refractivity contribution in [2.45, 2.75) is 26.2 Å². The van der Waals surface area contributed by atoms with Crippen molar-refractivity contribution in [2.75, 3.05) is 5.43 Å². The van der Waals surface area contributed by atoms with Gasteiger partial charge in [-0.25, -0.2) is 4.98 Å². The normalized spacial score (nSPS) is 11.5. The Morgan fingerprint density at radius 3 is 2.23 bits per heavy atom. The van der Waals surface area contributed by atoms with Crippen LogP contribution in [0.1, 0.15) is 36.7 Å². The lowest BCUT2D eigenvalue weighted by Gasteiger charge is -2.20. The van der Waals surface area contributed by atoms with Crippen molar-refractivity contribution in [3.63, 3.8) is 0 Å². The topological polar surface area (TPSA) is 64.0 Å². The SMILES string of the molecule is CC(C)(C)c1ccc(-c2nc3ccccc3c(=O)n2NC(=O)c2ccc(Br)cc2)cc1. The van der Waals surface area contributed by atoms with Crippen LogP contribution in [0.3, 0.4) is 0 Å². The Labute approximate surface area is 188 Å². The van der Waals surface area contributed by atoms with Crippen LogP contribution < -0.4 is 11.0 Å². The number of halogens is 1. The molecule has 4 aromatic rings. The molecule has 1 aromatic heterocycles. The quantitative estimate of drug-likeness (QED) is 0.424. The Bertz CT molecular complexity index is 1320. The molecule has 3 aromatic carbocycles. The van der Waals surface area contributed by atoms with E-state index in [0.29, 0.717) is 22.3 Å². The van der Waals surface area contributed by atoms with E-state index in [2.05, 4.69) is 42.1 Å². The van der Waals surface area contributed by atoms with Crippen LogP contribution in [-0.2, 0) is 5.41 Å². The molecule has 0 atom stereocenters. The minimum absolute atomic E-state index is 0.00477. The summed E-state index contributed by atoms with van der Waals surface area (Å²) in [6.45, 7) is 6.43. The highest BCUT2D eigenvalue weighted by molar-refractivity contribution is 9.10. The van der Waals surface area contributed by atoms with E-state index in [1.165, 1.54) is 10.2 Å². The van der Waals surface area contributed by atoms with Crippen molar-refractivity contribution in [1.82, 2.24) is 9.66 Å². The van der Waals surface area contributed by atoms with Crippen molar-refractivity contribution in [2.24, 2.45) is 0 Å². The Morgan fingerprint density at radius 1 is 0.935 bits per heavy atom. The van der Waals surface area contributed by atoms with E-state index in [9.17, 15) is 9.59 Å².